The highest BCUT2D eigenvalue weighted by Crippen LogP contribution is 2.19. The largest absolute Gasteiger partial charge is 0.507 e. The van der Waals surface area contributed by atoms with Gasteiger partial charge in [-0.25, -0.2) is 4.39 Å². The van der Waals surface area contributed by atoms with Crippen molar-refractivity contribution in [3.05, 3.63) is 42.0 Å². The van der Waals surface area contributed by atoms with E-state index in [2.05, 4.69) is 10.4 Å². The average Bonchev–Trinajstić information content (AvgIpc) is 2.67. The smallest absolute Gasteiger partial charge is 0.259 e. The van der Waals surface area contributed by atoms with E-state index in [1.54, 1.807) is 13.2 Å². The SMILES string of the molecule is Cn1cc(NC(=O)c2cc(F)ccc2O)cn1. The van der Waals surface area contributed by atoms with Gasteiger partial charge in [-0.2, -0.15) is 5.10 Å². The first-order valence-corrected chi connectivity index (χ1v) is 4.85. The standard InChI is InChI=1S/C11H10FN3O2/c1-15-6-8(5-13-15)14-11(17)9-4-7(12)2-3-10(9)16/h2-6,16H,1H3,(H,14,17). The van der Waals surface area contributed by atoms with E-state index in [-0.39, 0.29) is 11.3 Å². The molecule has 0 unspecified atom stereocenters. The molecule has 2 N–H and O–H groups in total. The predicted molar refractivity (Wildman–Crippen MR) is 59.2 cm³/mol. The van der Waals surface area contributed by atoms with E-state index < -0.39 is 11.7 Å². The Bertz CT molecular complexity index is 566. The molecule has 0 aliphatic heterocycles. The van der Waals surface area contributed by atoms with Crippen LogP contribution in [0, 0.1) is 5.82 Å². The van der Waals surface area contributed by atoms with Crippen LogP contribution < -0.4 is 5.32 Å². The number of carbonyl (C=O) groups is 1. The van der Waals surface area contributed by atoms with Crippen molar-refractivity contribution >= 4 is 11.6 Å². The number of nitrogens with one attached hydrogen (secondary N) is 1. The number of hydrogen-bond donors (Lipinski definition) is 2. The number of rotatable bonds is 2. The van der Waals surface area contributed by atoms with Crippen molar-refractivity contribution in [2.24, 2.45) is 7.05 Å². The number of carbonyl (C=O) groups excluding carboxylic acids is 1. The molecular formula is C11H10FN3O2. The zero-order chi connectivity index (χ0) is 12.4. The normalized spacial score (nSPS) is 10.2. The van der Waals surface area contributed by atoms with Crippen LogP contribution in [0.25, 0.3) is 0 Å². The van der Waals surface area contributed by atoms with Crippen LogP contribution in [0.15, 0.2) is 30.6 Å². The monoisotopic (exact) mass is 235 g/mol. The van der Waals surface area contributed by atoms with E-state index in [9.17, 15) is 14.3 Å². The molecule has 2 rings (SSSR count). The second-order valence-electron chi connectivity index (χ2n) is 3.52. The Morgan fingerprint density at radius 2 is 2.29 bits per heavy atom. The minimum absolute atomic E-state index is 0.117. The number of anilines is 1. The highest BCUT2D eigenvalue weighted by molar-refractivity contribution is 6.05. The summed E-state index contributed by atoms with van der Waals surface area (Å²) in [6, 6.07) is 3.19. The first-order valence-electron chi connectivity index (χ1n) is 4.85. The minimum atomic E-state index is -0.588. The number of nitrogens with zero attached hydrogens (tertiary/aromatic N) is 2. The molecule has 88 valence electrons. The van der Waals surface area contributed by atoms with Crippen LogP contribution in [0.2, 0.25) is 0 Å². The molecule has 1 heterocycles. The summed E-state index contributed by atoms with van der Waals surface area (Å²) >= 11 is 0. The molecule has 17 heavy (non-hydrogen) atoms. The van der Waals surface area contributed by atoms with Crippen LogP contribution in [0.5, 0.6) is 5.75 Å². The zero-order valence-corrected chi connectivity index (χ0v) is 9.01. The van der Waals surface area contributed by atoms with Gasteiger partial charge in [0, 0.05) is 13.2 Å². The third-order valence-corrected chi connectivity index (χ3v) is 2.17. The quantitative estimate of drug-likeness (QED) is 0.829. The first-order chi connectivity index (χ1) is 8.06. The molecular weight excluding hydrogens is 225 g/mol. The molecule has 0 bridgehead atoms. The van der Waals surface area contributed by atoms with Crippen LogP contribution in [-0.4, -0.2) is 20.8 Å². The number of aromatic nitrogens is 2. The molecule has 0 spiro atoms. The van der Waals surface area contributed by atoms with E-state index in [0.29, 0.717) is 5.69 Å². The first kappa shape index (κ1) is 11.1. The number of hydrogen-bond acceptors (Lipinski definition) is 3. The summed E-state index contributed by atoms with van der Waals surface area (Å²) in [7, 11) is 1.70. The molecule has 5 nitrogen and oxygen atoms in total. The maximum Gasteiger partial charge on any atom is 0.259 e. The third kappa shape index (κ3) is 2.41. The number of benzene rings is 1. The van der Waals surface area contributed by atoms with Crippen LogP contribution >= 0.6 is 0 Å². The number of phenolic OH excluding ortho intramolecular Hbond substituents is 1. The van der Waals surface area contributed by atoms with Crippen molar-refractivity contribution in [3.63, 3.8) is 0 Å². The maximum atomic E-state index is 12.9. The molecule has 0 fully saturated rings. The Hall–Kier alpha value is -2.37. The van der Waals surface area contributed by atoms with Gasteiger partial charge in [-0.1, -0.05) is 0 Å². The fraction of sp³-hybridized carbons (Fsp3) is 0.0909. The van der Waals surface area contributed by atoms with Gasteiger partial charge in [0.2, 0.25) is 0 Å². The van der Waals surface area contributed by atoms with Crippen LogP contribution in [0.4, 0.5) is 10.1 Å². The molecule has 2 aromatic rings. The van der Waals surface area contributed by atoms with Gasteiger partial charge in [0.15, 0.2) is 0 Å². The van der Waals surface area contributed by atoms with Crippen molar-refractivity contribution in [2.45, 2.75) is 0 Å². The van der Waals surface area contributed by atoms with Gasteiger partial charge in [-0.05, 0) is 18.2 Å². The molecule has 6 heteroatoms. The second kappa shape index (κ2) is 4.25. The number of phenols is 1. The van der Waals surface area contributed by atoms with Crippen LogP contribution in [0.3, 0.4) is 0 Å². The second-order valence-corrected chi connectivity index (χ2v) is 3.52. The summed E-state index contributed by atoms with van der Waals surface area (Å²) in [5, 5.41) is 15.8. The molecule has 1 amide bonds. The van der Waals surface area contributed by atoms with E-state index in [1.807, 2.05) is 0 Å². The van der Waals surface area contributed by atoms with Gasteiger partial charge in [0.25, 0.3) is 5.91 Å². The van der Waals surface area contributed by atoms with Crippen molar-refractivity contribution < 1.29 is 14.3 Å². The fourth-order valence-corrected chi connectivity index (χ4v) is 1.37. The number of halogens is 1. The fourth-order valence-electron chi connectivity index (χ4n) is 1.37. The molecule has 0 atom stereocenters. The summed E-state index contributed by atoms with van der Waals surface area (Å²) in [4.78, 5) is 11.7. The van der Waals surface area contributed by atoms with Crippen molar-refractivity contribution in [1.29, 1.82) is 0 Å². The Labute approximate surface area is 96.5 Å². The summed E-state index contributed by atoms with van der Waals surface area (Å²) in [6.45, 7) is 0. The number of aromatic hydroxyl groups is 1. The van der Waals surface area contributed by atoms with Gasteiger partial charge in [-0.15, -0.1) is 0 Å². The Kier molecular flexibility index (Phi) is 2.78. The molecule has 0 saturated heterocycles. The van der Waals surface area contributed by atoms with Gasteiger partial charge in [0.1, 0.15) is 11.6 Å². The van der Waals surface area contributed by atoms with Crippen LogP contribution in [0.1, 0.15) is 10.4 Å². The molecule has 0 aliphatic rings. The topological polar surface area (TPSA) is 67.2 Å². The van der Waals surface area contributed by atoms with E-state index in [0.717, 1.165) is 18.2 Å². The van der Waals surface area contributed by atoms with Crippen molar-refractivity contribution in [3.8, 4) is 5.75 Å². The molecule has 1 aromatic heterocycles. The summed E-state index contributed by atoms with van der Waals surface area (Å²) in [5.74, 6) is -1.44. The lowest BCUT2D eigenvalue weighted by Gasteiger charge is -2.04. The molecule has 0 radical (unpaired) electrons. The average molecular weight is 235 g/mol. The highest BCUT2D eigenvalue weighted by Gasteiger charge is 2.12. The maximum absolute atomic E-state index is 12.9. The molecule has 0 saturated carbocycles. The minimum Gasteiger partial charge on any atom is -0.507 e. The van der Waals surface area contributed by atoms with Gasteiger partial charge in [-0.3, -0.25) is 9.48 Å². The lowest BCUT2D eigenvalue weighted by atomic mass is 10.2. The van der Waals surface area contributed by atoms with Gasteiger partial charge >= 0.3 is 0 Å². The van der Waals surface area contributed by atoms with Gasteiger partial charge < -0.3 is 10.4 Å². The van der Waals surface area contributed by atoms with Gasteiger partial charge in [0.05, 0.1) is 17.4 Å². The van der Waals surface area contributed by atoms with E-state index >= 15 is 0 Å². The van der Waals surface area contributed by atoms with Crippen molar-refractivity contribution in [1.82, 2.24) is 9.78 Å². The lowest BCUT2D eigenvalue weighted by Crippen LogP contribution is -2.11. The summed E-state index contributed by atoms with van der Waals surface area (Å²) < 4.78 is 14.5. The lowest BCUT2D eigenvalue weighted by molar-refractivity contribution is 0.102. The van der Waals surface area contributed by atoms with E-state index in [4.69, 9.17) is 0 Å². The van der Waals surface area contributed by atoms with Crippen molar-refractivity contribution in [2.75, 3.05) is 5.32 Å². The Morgan fingerprint density at radius 3 is 2.94 bits per heavy atom. The third-order valence-electron chi connectivity index (χ3n) is 2.17. The highest BCUT2D eigenvalue weighted by atomic mass is 19.1. The van der Waals surface area contributed by atoms with E-state index in [1.165, 1.54) is 10.9 Å². The number of aryl methyl sites for hydroxylation is 1. The zero-order valence-electron chi connectivity index (χ0n) is 9.01. The number of amides is 1. The molecule has 0 aliphatic carbocycles. The summed E-state index contributed by atoms with van der Waals surface area (Å²) in [5.41, 5.74) is 0.356. The summed E-state index contributed by atoms with van der Waals surface area (Å²) in [6.07, 6.45) is 3.04. The Balaban J connectivity index is 2.22. The molecule has 1 aromatic carbocycles. The van der Waals surface area contributed by atoms with Crippen LogP contribution in [-0.2, 0) is 7.05 Å². The predicted octanol–water partition coefficient (Wildman–Crippen LogP) is 1.52. The Morgan fingerprint density at radius 1 is 1.53 bits per heavy atom.